The van der Waals surface area contributed by atoms with Crippen LogP contribution in [0.3, 0.4) is 0 Å². The van der Waals surface area contributed by atoms with Crippen molar-refractivity contribution in [3.8, 4) is 0 Å². The van der Waals surface area contributed by atoms with Gasteiger partial charge in [0.05, 0.1) is 17.8 Å². The van der Waals surface area contributed by atoms with Crippen LogP contribution in [0.5, 0.6) is 0 Å². The van der Waals surface area contributed by atoms with Gasteiger partial charge in [0.2, 0.25) is 5.91 Å². The lowest BCUT2D eigenvalue weighted by atomic mass is 9.99. The van der Waals surface area contributed by atoms with Crippen molar-refractivity contribution in [3.05, 3.63) is 51.9 Å². The van der Waals surface area contributed by atoms with Crippen molar-refractivity contribution in [1.82, 2.24) is 24.8 Å². The van der Waals surface area contributed by atoms with Gasteiger partial charge in [0.1, 0.15) is 18.2 Å². The minimum Gasteiger partial charge on any atom is -0.408 e. The zero-order valence-electron chi connectivity index (χ0n) is 19.1. The Balaban J connectivity index is 1.54. The first kappa shape index (κ1) is 22.0. The van der Waals surface area contributed by atoms with E-state index in [2.05, 4.69) is 5.32 Å². The number of aromatic nitrogens is 3. The number of nitrogens with one attached hydrogen (secondary N) is 1. The number of carbonyl (C=O) groups excluding carboxylic acids is 1. The molecule has 3 aromatic rings. The molecule has 170 valence electrons. The topological polar surface area (TPSA) is 96.5 Å². The average molecular weight is 439 g/mol. The Morgan fingerprint density at radius 3 is 2.78 bits per heavy atom. The summed E-state index contributed by atoms with van der Waals surface area (Å²) in [5, 5.41) is 3.41. The summed E-state index contributed by atoms with van der Waals surface area (Å²) in [7, 11) is 5.62. The number of likely N-dealkylation sites (N-methyl/N-ethyl adjacent to an activating group) is 1. The highest BCUT2D eigenvalue weighted by atomic mass is 16.4. The number of nitrogens with zero attached hydrogens (tertiary/aromatic N) is 5. The Labute approximate surface area is 187 Å². The zero-order chi connectivity index (χ0) is 22.8. The number of amides is 1. The van der Waals surface area contributed by atoms with Gasteiger partial charge in [-0.2, -0.15) is 0 Å². The average Bonchev–Trinajstić information content (AvgIpc) is 3.08. The molecule has 0 radical (unpaired) electrons. The van der Waals surface area contributed by atoms with Gasteiger partial charge in [-0.3, -0.25) is 9.36 Å². The van der Waals surface area contributed by atoms with E-state index in [0.717, 1.165) is 48.8 Å². The molecule has 0 aliphatic carbocycles. The third kappa shape index (κ3) is 4.67. The van der Waals surface area contributed by atoms with E-state index >= 15 is 0 Å². The molecule has 0 saturated carbocycles. The van der Waals surface area contributed by atoms with Gasteiger partial charge >= 0.3 is 5.76 Å². The minimum atomic E-state index is -0.531. The fourth-order valence-corrected chi connectivity index (χ4v) is 3.98. The van der Waals surface area contributed by atoms with Crippen LogP contribution >= 0.6 is 0 Å². The summed E-state index contributed by atoms with van der Waals surface area (Å²) in [4.78, 5) is 38.3. The third-order valence-corrected chi connectivity index (χ3v) is 5.84. The monoisotopic (exact) mass is 438 g/mol. The molecule has 1 aromatic carbocycles. The molecule has 4 rings (SSSR count). The van der Waals surface area contributed by atoms with Gasteiger partial charge in [-0.1, -0.05) is 6.07 Å². The number of carbonyl (C=O) groups is 1. The van der Waals surface area contributed by atoms with Gasteiger partial charge < -0.3 is 19.5 Å². The van der Waals surface area contributed by atoms with Crippen molar-refractivity contribution in [2.24, 2.45) is 0 Å². The summed E-state index contributed by atoms with van der Waals surface area (Å²) in [5.41, 5.74) is 2.88. The van der Waals surface area contributed by atoms with Crippen LogP contribution in [-0.4, -0.2) is 59.6 Å². The lowest BCUT2D eigenvalue weighted by molar-refractivity contribution is -0.131. The first-order valence-electron chi connectivity index (χ1n) is 10.9. The largest absolute Gasteiger partial charge is 0.420 e. The van der Waals surface area contributed by atoms with Gasteiger partial charge in [0.15, 0.2) is 5.58 Å². The molecule has 9 nitrogen and oxygen atoms in total. The number of hydrogen-bond acceptors (Lipinski definition) is 7. The minimum absolute atomic E-state index is 0.0865. The van der Waals surface area contributed by atoms with E-state index in [-0.39, 0.29) is 18.4 Å². The Hall–Kier alpha value is -3.20. The molecule has 2 aromatic heterocycles. The fraction of sp³-hybridized carbons (Fsp3) is 0.478. The lowest BCUT2D eigenvalue weighted by Gasteiger charge is -2.24. The first-order chi connectivity index (χ1) is 15.3. The Kier molecular flexibility index (Phi) is 6.27. The molecule has 9 heteroatoms. The van der Waals surface area contributed by atoms with Crippen LogP contribution in [-0.2, 0) is 17.9 Å². The highest BCUT2D eigenvalue weighted by molar-refractivity contribution is 5.79. The van der Waals surface area contributed by atoms with E-state index in [4.69, 9.17) is 14.4 Å². The number of rotatable bonds is 6. The van der Waals surface area contributed by atoms with Gasteiger partial charge in [-0.15, -0.1) is 0 Å². The van der Waals surface area contributed by atoms with Crippen LogP contribution in [0.1, 0.15) is 35.8 Å². The molecule has 0 spiro atoms. The Morgan fingerprint density at radius 1 is 1.25 bits per heavy atom. The summed E-state index contributed by atoms with van der Waals surface area (Å²) in [6.45, 7) is 4.07. The number of benzene rings is 1. The highest BCUT2D eigenvalue weighted by Gasteiger charge is 2.21. The molecular formula is C23H30N6O3. The van der Waals surface area contributed by atoms with Gasteiger partial charge in [0, 0.05) is 39.7 Å². The van der Waals surface area contributed by atoms with Crippen molar-refractivity contribution in [3.63, 3.8) is 0 Å². The summed E-state index contributed by atoms with van der Waals surface area (Å²) in [5.74, 6) is 1.18. The lowest BCUT2D eigenvalue weighted by Crippen LogP contribution is -2.33. The number of hydrogen-bond donors (Lipinski definition) is 1. The standard InChI is InChI=1S/C23H30N6O3/c1-15-7-8-19-18(10-15)29(23(31)32-19)14-21(30)28(4)13-17-11-20(27(2)3)26-22(25-17)16-6-5-9-24-12-16/h7-8,10-11,16,24H,5-6,9,12-14H2,1-4H3/t16-/m0/s1. The van der Waals surface area contributed by atoms with E-state index < -0.39 is 5.76 Å². The second-order valence-electron chi connectivity index (χ2n) is 8.69. The Morgan fingerprint density at radius 2 is 2.06 bits per heavy atom. The van der Waals surface area contributed by atoms with Crippen molar-refractivity contribution >= 4 is 22.8 Å². The molecule has 1 amide bonds. The van der Waals surface area contributed by atoms with Crippen LogP contribution < -0.4 is 16.0 Å². The number of aryl methyl sites for hydroxylation is 1. The molecule has 0 unspecified atom stereocenters. The van der Waals surface area contributed by atoms with E-state index in [9.17, 15) is 9.59 Å². The maximum Gasteiger partial charge on any atom is 0.420 e. The normalized spacial score (nSPS) is 16.3. The SMILES string of the molecule is Cc1ccc2oc(=O)n(CC(=O)N(C)Cc3cc(N(C)C)nc([C@H]4CCCNC4)n3)c2c1. The van der Waals surface area contributed by atoms with E-state index in [1.54, 1.807) is 18.0 Å². The van der Waals surface area contributed by atoms with Crippen LogP contribution in [0.25, 0.3) is 11.1 Å². The number of oxazole rings is 1. The predicted molar refractivity (Wildman–Crippen MR) is 123 cm³/mol. The van der Waals surface area contributed by atoms with Crippen LogP contribution in [0, 0.1) is 6.92 Å². The van der Waals surface area contributed by atoms with E-state index in [0.29, 0.717) is 17.6 Å². The molecule has 3 heterocycles. The molecule has 1 atom stereocenters. The molecule has 32 heavy (non-hydrogen) atoms. The zero-order valence-corrected chi connectivity index (χ0v) is 19.1. The second-order valence-corrected chi connectivity index (χ2v) is 8.69. The van der Waals surface area contributed by atoms with Crippen molar-refractivity contribution < 1.29 is 9.21 Å². The second kappa shape index (κ2) is 9.12. The smallest absolute Gasteiger partial charge is 0.408 e. The van der Waals surface area contributed by atoms with E-state index in [1.807, 2.05) is 44.1 Å². The summed E-state index contributed by atoms with van der Waals surface area (Å²) in [6, 6.07) is 7.39. The highest BCUT2D eigenvalue weighted by Crippen LogP contribution is 2.23. The van der Waals surface area contributed by atoms with Gasteiger partial charge in [0.25, 0.3) is 0 Å². The first-order valence-corrected chi connectivity index (χ1v) is 10.9. The quantitative estimate of drug-likeness (QED) is 0.628. The molecular weight excluding hydrogens is 408 g/mol. The summed E-state index contributed by atoms with van der Waals surface area (Å²) >= 11 is 0. The predicted octanol–water partition coefficient (Wildman–Crippen LogP) is 1.88. The van der Waals surface area contributed by atoms with Gasteiger partial charge in [-0.25, -0.2) is 14.8 Å². The number of piperidine rings is 1. The van der Waals surface area contributed by atoms with E-state index in [1.165, 1.54) is 4.57 Å². The van der Waals surface area contributed by atoms with Crippen LogP contribution in [0.2, 0.25) is 0 Å². The number of anilines is 1. The molecule has 1 fully saturated rings. The summed E-state index contributed by atoms with van der Waals surface area (Å²) < 4.78 is 6.66. The molecule has 0 bridgehead atoms. The summed E-state index contributed by atoms with van der Waals surface area (Å²) in [6.07, 6.45) is 2.15. The van der Waals surface area contributed by atoms with Crippen LogP contribution in [0.4, 0.5) is 5.82 Å². The molecule has 1 N–H and O–H groups in total. The maximum atomic E-state index is 13.0. The van der Waals surface area contributed by atoms with Crippen molar-refractivity contribution in [2.45, 2.75) is 38.8 Å². The number of fused-ring (bicyclic) bond motifs is 1. The third-order valence-electron chi connectivity index (χ3n) is 5.84. The molecule has 1 saturated heterocycles. The van der Waals surface area contributed by atoms with Crippen molar-refractivity contribution in [2.75, 3.05) is 39.1 Å². The Bertz CT molecular complexity index is 1180. The molecule has 1 aliphatic rings. The van der Waals surface area contributed by atoms with Crippen LogP contribution in [0.15, 0.2) is 33.5 Å². The molecule has 1 aliphatic heterocycles. The van der Waals surface area contributed by atoms with Gasteiger partial charge in [-0.05, 0) is 44.0 Å². The maximum absolute atomic E-state index is 13.0. The van der Waals surface area contributed by atoms with Crippen molar-refractivity contribution in [1.29, 1.82) is 0 Å². The fourth-order valence-electron chi connectivity index (χ4n) is 3.98.